The molecule has 0 unspecified atom stereocenters. The summed E-state index contributed by atoms with van der Waals surface area (Å²) in [4.78, 5) is 11.8. The largest absolute Gasteiger partial charge is 0.493 e. The first-order chi connectivity index (χ1) is 12.7. The van der Waals surface area contributed by atoms with Gasteiger partial charge in [-0.05, 0) is 37.1 Å². The van der Waals surface area contributed by atoms with E-state index < -0.39 is 19.9 Å². The Balaban J connectivity index is 1.96. The number of nitrogens with zero attached hydrogens (tertiary/aromatic N) is 1. The zero-order valence-electron chi connectivity index (χ0n) is 15.5. The van der Waals surface area contributed by atoms with Crippen molar-refractivity contribution in [2.24, 2.45) is 5.92 Å². The van der Waals surface area contributed by atoms with Crippen LogP contribution in [0.1, 0.15) is 19.8 Å². The van der Waals surface area contributed by atoms with E-state index in [1.165, 1.54) is 28.6 Å². The average Bonchev–Trinajstić information content (AvgIpc) is 2.67. The third kappa shape index (κ3) is 5.66. The molecule has 0 aromatic heterocycles. The Bertz CT molecular complexity index is 842. The van der Waals surface area contributed by atoms with E-state index in [4.69, 9.17) is 4.74 Å². The van der Waals surface area contributed by atoms with E-state index >= 15 is 0 Å². The molecule has 1 aliphatic rings. The van der Waals surface area contributed by atoms with Crippen molar-refractivity contribution in [3.63, 3.8) is 0 Å². The van der Waals surface area contributed by atoms with Crippen LogP contribution in [0.4, 0.5) is 0 Å². The molecule has 0 spiro atoms. The van der Waals surface area contributed by atoms with Crippen LogP contribution >= 0.6 is 0 Å². The summed E-state index contributed by atoms with van der Waals surface area (Å²) in [6.45, 7) is 2.20. The highest BCUT2D eigenvalue weighted by Crippen LogP contribution is 2.25. The molecule has 1 aliphatic heterocycles. The zero-order valence-corrected chi connectivity index (χ0v) is 17.2. The Morgan fingerprint density at radius 3 is 2.26 bits per heavy atom. The highest BCUT2D eigenvalue weighted by atomic mass is 32.2. The molecule has 1 aromatic carbocycles. The predicted molar refractivity (Wildman–Crippen MR) is 102 cm³/mol. The van der Waals surface area contributed by atoms with Gasteiger partial charge in [-0.2, -0.15) is 4.31 Å². The van der Waals surface area contributed by atoms with E-state index in [9.17, 15) is 21.6 Å². The Labute approximate surface area is 160 Å². The number of piperidine rings is 1. The van der Waals surface area contributed by atoms with Crippen LogP contribution < -0.4 is 10.1 Å². The summed E-state index contributed by atoms with van der Waals surface area (Å²) in [7, 11) is -5.16. The van der Waals surface area contributed by atoms with Crippen LogP contribution in [-0.2, 0) is 24.7 Å². The van der Waals surface area contributed by atoms with Crippen LogP contribution in [0.2, 0.25) is 0 Å². The van der Waals surface area contributed by atoms with Gasteiger partial charge in [0.1, 0.15) is 12.4 Å². The third-order valence-corrected chi connectivity index (χ3v) is 8.22. The van der Waals surface area contributed by atoms with E-state index in [1.807, 2.05) is 0 Å². The summed E-state index contributed by atoms with van der Waals surface area (Å²) in [6.07, 6.45) is 0.984. The molecule has 0 atom stereocenters. The highest BCUT2D eigenvalue weighted by molar-refractivity contribution is 7.91. The van der Waals surface area contributed by atoms with Crippen molar-refractivity contribution in [2.75, 3.05) is 38.2 Å². The lowest BCUT2D eigenvalue weighted by Crippen LogP contribution is -2.42. The number of hydrogen-bond acceptors (Lipinski definition) is 6. The molecule has 27 heavy (non-hydrogen) atoms. The monoisotopic (exact) mass is 418 g/mol. The number of amides is 1. The molecule has 1 N–H and O–H groups in total. The summed E-state index contributed by atoms with van der Waals surface area (Å²) < 4.78 is 55.1. The third-order valence-electron chi connectivity index (χ3n) is 4.64. The SMILES string of the molecule is CCS(=O)(=O)CCOc1ccc(S(=O)(=O)N2CCC(C(=O)NC)CC2)cc1. The first-order valence-corrected chi connectivity index (χ1v) is 12.1. The summed E-state index contributed by atoms with van der Waals surface area (Å²) in [5.74, 6) is 0.183. The van der Waals surface area contributed by atoms with Crippen LogP contribution in [0.5, 0.6) is 5.75 Å². The van der Waals surface area contributed by atoms with Crippen LogP contribution in [0, 0.1) is 5.92 Å². The van der Waals surface area contributed by atoms with Gasteiger partial charge in [-0.25, -0.2) is 16.8 Å². The van der Waals surface area contributed by atoms with Gasteiger partial charge in [0, 0.05) is 31.8 Å². The second-order valence-electron chi connectivity index (χ2n) is 6.35. The van der Waals surface area contributed by atoms with Crippen molar-refractivity contribution in [3.8, 4) is 5.75 Å². The molecule has 10 heteroatoms. The molecular weight excluding hydrogens is 392 g/mol. The van der Waals surface area contributed by atoms with Crippen molar-refractivity contribution in [1.82, 2.24) is 9.62 Å². The van der Waals surface area contributed by atoms with Gasteiger partial charge in [0.05, 0.1) is 10.6 Å². The molecule has 1 saturated heterocycles. The lowest BCUT2D eigenvalue weighted by Gasteiger charge is -2.30. The number of carbonyl (C=O) groups excluding carboxylic acids is 1. The number of benzene rings is 1. The number of carbonyl (C=O) groups is 1. The Kier molecular flexibility index (Phi) is 7.24. The molecule has 2 rings (SSSR count). The van der Waals surface area contributed by atoms with Gasteiger partial charge in [-0.3, -0.25) is 4.79 Å². The van der Waals surface area contributed by atoms with E-state index in [2.05, 4.69) is 5.32 Å². The van der Waals surface area contributed by atoms with Crippen molar-refractivity contribution < 1.29 is 26.4 Å². The minimum atomic E-state index is -3.63. The van der Waals surface area contributed by atoms with Gasteiger partial charge < -0.3 is 10.1 Å². The number of hydrogen-bond donors (Lipinski definition) is 1. The van der Waals surface area contributed by atoms with Crippen LogP contribution in [0.3, 0.4) is 0 Å². The molecule has 0 radical (unpaired) electrons. The molecule has 8 nitrogen and oxygen atoms in total. The Morgan fingerprint density at radius 2 is 1.74 bits per heavy atom. The lowest BCUT2D eigenvalue weighted by molar-refractivity contribution is -0.125. The molecule has 152 valence electrons. The van der Waals surface area contributed by atoms with E-state index in [1.54, 1.807) is 14.0 Å². The number of sulfonamides is 1. The number of rotatable bonds is 8. The normalized spacial score (nSPS) is 16.8. The van der Waals surface area contributed by atoms with E-state index in [0.29, 0.717) is 31.7 Å². The minimum Gasteiger partial charge on any atom is -0.493 e. The topological polar surface area (TPSA) is 110 Å². The number of sulfone groups is 1. The van der Waals surface area contributed by atoms with Gasteiger partial charge in [0.2, 0.25) is 15.9 Å². The molecule has 0 bridgehead atoms. The molecular formula is C17H26N2O6S2. The van der Waals surface area contributed by atoms with Crippen LogP contribution in [-0.4, -0.2) is 65.3 Å². The van der Waals surface area contributed by atoms with E-state index in [-0.39, 0.29) is 34.8 Å². The number of nitrogens with one attached hydrogen (secondary N) is 1. The van der Waals surface area contributed by atoms with Gasteiger partial charge in [0.25, 0.3) is 0 Å². The van der Waals surface area contributed by atoms with E-state index in [0.717, 1.165) is 0 Å². The van der Waals surface area contributed by atoms with Crippen molar-refractivity contribution in [1.29, 1.82) is 0 Å². The van der Waals surface area contributed by atoms with Gasteiger partial charge >= 0.3 is 0 Å². The first kappa shape index (κ1) is 21.6. The highest BCUT2D eigenvalue weighted by Gasteiger charge is 2.31. The van der Waals surface area contributed by atoms with Gasteiger partial charge in [0.15, 0.2) is 9.84 Å². The molecule has 1 amide bonds. The molecule has 0 saturated carbocycles. The molecule has 0 aliphatic carbocycles. The maximum Gasteiger partial charge on any atom is 0.243 e. The first-order valence-electron chi connectivity index (χ1n) is 8.84. The quantitative estimate of drug-likeness (QED) is 0.664. The smallest absolute Gasteiger partial charge is 0.243 e. The molecule has 1 fully saturated rings. The second-order valence-corrected chi connectivity index (χ2v) is 10.8. The second kappa shape index (κ2) is 9.03. The van der Waals surface area contributed by atoms with Crippen molar-refractivity contribution in [2.45, 2.75) is 24.7 Å². The summed E-state index contributed by atoms with van der Waals surface area (Å²) in [5, 5.41) is 2.60. The predicted octanol–water partition coefficient (Wildman–Crippen LogP) is 0.647. The van der Waals surface area contributed by atoms with Crippen molar-refractivity contribution >= 4 is 25.8 Å². The Morgan fingerprint density at radius 1 is 1.15 bits per heavy atom. The maximum atomic E-state index is 12.7. The van der Waals surface area contributed by atoms with Gasteiger partial charge in [-0.15, -0.1) is 0 Å². The minimum absolute atomic E-state index is 0.0231. The van der Waals surface area contributed by atoms with Gasteiger partial charge in [-0.1, -0.05) is 6.92 Å². The fraction of sp³-hybridized carbons (Fsp3) is 0.588. The number of ether oxygens (including phenoxy) is 1. The summed E-state index contributed by atoms with van der Waals surface area (Å²) in [5.41, 5.74) is 0. The van der Waals surface area contributed by atoms with Crippen LogP contribution in [0.15, 0.2) is 29.2 Å². The fourth-order valence-corrected chi connectivity index (χ4v) is 4.95. The molecule has 1 aromatic rings. The fourth-order valence-electron chi connectivity index (χ4n) is 2.85. The standard InChI is InChI=1S/C17H26N2O6S2/c1-3-26(21,22)13-12-25-15-4-6-16(7-5-15)27(23,24)19-10-8-14(9-11-19)17(20)18-2/h4-7,14H,3,8-13H2,1-2H3,(H,18,20). The average molecular weight is 419 g/mol. The zero-order chi connectivity index (χ0) is 20.1. The molecule has 1 heterocycles. The van der Waals surface area contributed by atoms with Crippen LogP contribution in [0.25, 0.3) is 0 Å². The lowest BCUT2D eigenvalue weighted by atomic mass is 9.97. The Hall–Kier alpha value is -1.65. The summed E-state index contributed by atoms with van der Waals surface area (Å²) in [6, 6.07) is 5.93. The van der Waals surface area contributed by atoms with Crippen molar-refractivity contribution in [3.05, 3.63) is 24.3 Å². The summed E-state index contributed by atoms with van der Waals surface area (Å²) >= 11 is 0. The maximum absolute atomic E-state index is 12.7.